The lowest BCUT2D eigenvalue weighted by molar-refractivity contribution is 0.0937. The number of hydrogen-bond donors (Lipinski definition) is 1. The summed E-state index contributed by atoms with van der Waals surface area (Å²) in [5, 5.41) is 6.21. The molecule has 1 N–H and O–H groups in total. The number of pyridine rings is 1. The second kappa shape index (κ2) is 7.31. The third-order valence-electron chi connectivity index (χ3n) is 5.30. The zero-order valence-electron chi connectivity index (χ0n) is 16.1. The largest absolute Gasteiger partial charge is 0.493 e. The van der Waals surface area contributed by atoms with Crippen molar-refractivity contribution in [3.63, 3.8) is 0 Å². The molecule has 0 saturated heterocycles. The van der Waals surface area contributed by atoms with Crippen molar-refractivity contribution in [3.8, 4) is 11.5 Å². The van der Waals surface area contributed by atoms with Crippen LogP contribution in [0.1, 0.15) is 40.2 Å². The molecule has 2 heterocycles. The number of rotatable bonds is 5. The molecular formula is C21H22N2O4S. The van der Waals surface area contributed by atoms with Crippen molar-refractivity contribution in [2.24, 2.45) is 0 Å². The van der Waals surface area contributed by atoms with Gasteiger partial charge in [-0.1, -0.05) is 0 Å². The van der Waals surface area contributed by atoms with Crippen molar-refractivity contribution >= 4 is 28.0 Å². The van der Waals surface area contributed by atoms with E-state index in [-0.39, 0.29) is 17.5 Å². The second-order valence-electron chi connectivity index (χ2n) is 6.75. The lowest BCUT2D eigenvalue weighted by Crippen LogP contribution is -2.29. The summed E-state index contributed by atoms with van der Waals surface area (Å²) >= 11 is 1.73. The van der Waals surface area contributed by atoms with E-state index in [1.165, 1.54) is 24.7 Å². The molecule has 0 aliphatic heterocycles. The number of carbonyl (C=O) groups is 1. The molecule has 1 aliphatic carbocycles. The Bertz CT molecular complexity index is 1120. The number of ether oxygens (including phenoxy) is 2. The summed E-state index contributed by atoms with van der Waals surface area (Å²) in [6, 6.07) is 5.43. The molecule has 6 nitrogen and oxygen atoms in total. The van der Waals surface area contributed by atoms with Crippen molar-refractivity contribution in [2.45, 2.75) is 32.4 Å². The van der Waals surface area contributed by atoms with Crippen molar-refractivity contribution in [3.05, 3.63) is 56.1 Å². The number of hydrogen-bond acceptors (Lipinski definition) is 5. The highest BCUT2D eigenvalue weighted by Gasteiger charge is 2.26. The Morgan fingerprint density at radius 1 is 1.25 bits per heavy atom. The molecule has 0 unspecified atom stereocenters. The first kappa shape index (κ1) is 18.6. The number of benzene rings is 1. The Hall–Kier alpha value is -2.80. The number of thiophene rings is 1. The molecular weight excluding hydrogens is 376 g/mol. The second-order valence-corrected chi connectivity index (χ2v) is 7.75. The zero-order chi connectivity index (χ0) is 19.8. The van der Waals surface area contributed by atoms with Crippen LogP contribution in [0, 0.1) is 0 Å². The summed E-state index contributed by atoms with van der Waals surface area (Å²) in [5.41, 5.74) is 1.50. The fraction of sp³-hybridized carbons (Fsp3) is 0.333. The van der Waals surface area contributed by atoms with Crippen LogP contribution in [0.15, 0.2) is 34.6 Å². The molecule has 146 valence electrons. The van der Waals surface area contributed by atoms with Gasteiger partial charge in [-0.15, -0.1) is 11.3 Å². The van der Waals surface area contributed by atoms with Gasteiger partial charge in [0.15, 0.2) is 11.5 Å². The van der Waals surface area contributed by atoms with Gasteiger partial charge in [-0.25, -0.2) is 0 Å². The molecule has 28 heavy (non-hydrogen) atoms. The summed E-state index contributed by atoms with van der Waals surface area (Å²) in [7, 11) is 3.06. The molecule has 7 heteroatoms. The van der Waals surface area contributed by atoms with Crippen molar-refractivity contribution in [2.75, 3.05) is 14.2 Å². The minimum Gasteiger partial charge on any atom is -0.493 e. The molecule has 2 aromatic heterocycles. The van der Waals surface area contributed by atoms with Crippen LogP contribution in [-0.4, -0.2) is 24.7 Å². The Morgan fingerprint density at radius 3 is 2.64 bits per heavy atom. The van der Waals surface area contributed by atoms with Gasteiger partial charge < -0.3 is 19.4 Å². The molecule has 0 saturated carbocycles. The Balaban J connectivity index is 1.82. The van der Waals surface area contributed by atoms with Gasteiger partial charge in [0.05, 0.1) is 31.2 Å². The van der Waals surface area contributed by atoms with Crippen LogP contribution < -0.4 is 20.3 Å². The van der Waals surface area contributed by atoms with Gasteiger partial charge in [-0.05, 0) is 48.9 Å². The van der Waals surface area contributed by atoms with Crippen LogP contribution in [0.5, 0.6) is 11.5 Å². The van der Waals surface area contributed by atoms with E-state index in [0.29, 0.717) is 34.4 Å². The Labute approximate surface area is 166 Å². The summed E-state index contributed by atoms with van der Waals surface area (Å²) in [4.78, 5) is 27.3. The number of carbonyl (C=O) groups excluding carboxylic acids is 1. The number of nitrogens with zero attached hydrogens (tertiary/aromatic N) is 1. The number of methoxy groups -OCH3 is 2. The molecule has 1 aromatic carbocycles. The standard InChI is InChI=1S/C21H22N2O4S/c1-4-23-11-15(20(24)22-16-5-6-19-12(16)7-8-28-19)13-9-17(26-2)18(27-3)10-14(13)21(23)25/h7-11,16H,4-6H2,1-3H3,(H,22,24)/t16-/m1/s1. The topological polar surface area (TPSA) is 69.6 Å². The SMILES string of the molecule is CCn1cc(C(=O)N[C@@H]2CCc3sccc32)c2cc(OC)c(OC)cc2c1=O. The minimum atomic E-state index is -0.191. The predicted octanol–water partition coefficient (Wildman–Crippen LogP) is 3.52. The Morgan fingerprint density at radius 2 is 1.96 bits per heavy atom. The smallest absolute Gasteiger partial charge is 0.258 e. The summed E-state index contributed by atoms with van der Waals surface area (Å²) in [5.74, 6) is 0.758. The van der Waals surface area contributed by atoms with Gasteiger partial charge in [0, 0.05) is 23.0 Å². The number of nitrogens with one attached hydrogen (secondary N) is 1. The molecule has 1 atom stereocenters. The van der Waals surface area contributed by atoms with Gasteiger partial charge in [0.25, 0.3) is 11.5 Å². The summed E-state index contributed by atoms with van der Waals surface area (Å²) in [6.07, 6.45) is 3.52. The van der Waals surface area contributed by atoms with E-state index in [1.807, 2.05) is 6.92 Å². The highest BCUT2D eigenvalue weighted by atomic mass is 32.1. The monoisotopic (exact) mass is 398 g/mol. The van der Waals surface area contributed by atoms with Crippen LogP contribution in [0.25, 0.3) is 10.8 Å². The van der Waals surface area contributed by atoms with Crippen LogP contribution >= 0.6 is 11.3 Å². The van der Waals surface area contributed by atoms with Gasteiger partial charge in [0.1, 0.15) is 0 Å². The average molecular weight is 398 g/mol. The zero-order valence-corrected chi connectivity index (χ0v) is 16.9. The molecule has 3 aromatic rings. The van der Waals surface area contributed by atoms with Gasteiger partial charge in [0.2, 0.25) is 0 Å². The van der Waals surface area contributed by atoms with Gasteiger partial charge >= 0.3 is 0 Å². The highest BCUT2D eigenvalue weighted by molar-refractivity contribution is 7.10. The van der Waals surface area contributed by atoms with E-state index in [4.69, 9.17) is 9.47 Å². The van der Waals surface area contributed by atoms with E-state index in [9.17, 15) is 9.59 Å². The van der Waals surface area contributed by atoms with E-state index in [2.05, 4.69) is 16.8 Å². The third kappa shape index (κ3) is 2.96. The van der Waals surface area contributed by atoms with E-state index in [0.717, 1.165) is 12.8 Å². The quantitative estimate of drug-likeness (QED) is 0.714. The lowest BCUT2D eigenvalue weighted by atomic mass is 10.0. The van der Waals surface area contributed by atoms with Crippen molar-refractivity contribution in [1.29, 1.82) is 0 Å². The molecule has 0 fully saturated rings. The molecule has 1 aliphatic rings. The number of fused-ring (bicyclic) bond motifs is 2. The first-order chi connectivity index (χ1) is 13.6. The highest BCUT2D eigenvalue weighted by Crippen LogP contribution is 2.36. The van der Waals surface area contributed by atoms with Crippen LogP contribution in [-0.2, 0) is 13.0 Å². The third-order valence-corrected chi connectivity index (χ3v) is 6.29. The van der Waals surface area contributed by atoms with Crippen LogP contribution in [0.2, 0.25) is 0 Å². The van der Waals surface area contributed by atoms with E-state index in [1.54, 1.807) is 34.2 Å². The maximum Gasteiger partial charge on any atom is 0.258 e. The molecule has 4 rings (SSSR count). The van der Waals surface area contributed by atoms with E-state index >= 15 is 0 Å². The molecule has 1 amide bonds. The van der Waals surface area contributed by atoms with Crippen LogP contribution in [0.3, 0.4) is 0 Å². The minimum absolute atomic E-state index is 0.00551. The van der Waals surface area contributed by atoms with Crippen LogP contribution in [0.4, 0.5) is 0 Å². The van der Waals surface area contributed by atoms with Crippen molar-refractivity contribution in [1.82, 2.24) is 9.88 Å². The van der Waals surface area contributed by atoms with E-state index < -0.39 is 0 Å². The molecule has 0 radical (unpaired) electrons. The number of aryl methyl sites for hydroxylation is 2. The first-order valence-corrected chi connectivity index (χ1v) is 10.1. The summed E-state index contributed by atoms with van der Waals surface area (Å²) in [6.45, 7) is 2.35. The number of aromatic nitrogens is 1. The van der Waals surface area contributed by atoms with Crippen molar-refractivity contribution < 1.29 is 14.3 Å². The maximum atomic E-state index is 13.2. The molecule has 0 spiro atoms. The fourth-order valence-corrected chi connectivity index (χ4v) is 4.78. The predicted molar refractivity (Wildman–Crippen MR) is 110 cm³/mol. The average Bonchev–Trinajstić information content (AvgIpc) is 3.32. The fourth-order valence-electron chi connectivity index (χ4n) is 3.81. The van der Waals surface area contributed by atoms with Gasteiger partial charge in [-0.2, -0.15) is 0 Å². The maximum absolute atomic E-state index is 13.2. The lowest BCUT2D eigenvalue weighted by Gasteiger charge is -2.17. The van der Waals surface area contributed by atoms with Gasteiger partial charge in [-0.3, -0.25) is 9.59 Å². The normalized spacial score (nSPS) is 15.5. The number of amides is 1. The summed E-state index contributed by atoms with van der Waals surface area (Å²) < 4.78 is 12.3. The first-order valence-electron chi connectivity index (χ1n) is 9.23. The Kier molecular flexibility index (Phi) is 4.85. The molecule has 0 bridgehead atoms.